The number of carbonyl (C=O) groups is 2. The van der Waals surface area contributed by atoms with Gasteiger partial charge in [-0.05, 0) is 35.9 Å². The molecule has 0 unspecified atom stereocenters. The molecule has 5 nitrogen and oxygen atoms in total. The van der Waals surface area contributed by atoms with E-state index in [1.807, 2.05) is 42.5 Å². The first-order chi connectivity index (χ1) is 14.3. The molecule has 3 aromatic rings. The molecule has 0 aliphatic heterocycles. The van der Waals surface area contributed by atoms with Gasteiger partial charge in [0.15, 0.2) is 6.61 Å². The molecule has 30 heavy (non-hydrogen) atoms. The fraction of sp³-hybridized carbons (Fsp3) is 0.0909. The summed E-state index contributed by atoms with van der Waals surface area (Å²) in [6, 6.07) is 20.8. The Morgan fingerprint density at radius 1 is 0.833 bits per heavy atom. The van der Waals surface area contributed by atoms with E-state index in [0.29, 0.717) is 5.69 Å². The molecule has 0 saturated heterocycles. The molecule has 0 saturated carbocycles. The normalized spacial score (nSPS) is 10.9. The number of alkyl halides is 3. The lowest BCUT2D eigenvalue weighted by molar-refractivity contribution is -0.274. The molecule has 0 radical (unpaired) electrons. The van der Waals surface area contributed by atoms with Gasteiger partial charge < -0.3 is 14.8 Å². The number of benzene rings is 3. The van der Waals surface area contributed by atoms with Gasteiger partial charge in [0, 0.05) is 11.3 Å². The first kappa shape index (κ1) is 20.9. The molecule has 0 fully saturated rings. The topological polar surface area (TPSA) is 64.6 Å². The van der Waals surface area contributed by atoms with Crippen LogP contribution in [0.15, 0.2) is 78.9 Å². The fourth-order valence-corrected chi connectivity index (χ4v) is 2.65. The van der Waals surface area contributed by atoms with Crippen molar-refractivity contribution in [3.05, 3.63) is 84.4 Å². The van der Waals surface area contributed by atoms with Gasteiger partial charge in [-0.2, -0.15) is 0 Å². The molecule has 0 atom stereocenters. The average Bonchev–Trinajstić information content (AvgIpc) is 2.72. The minimum absolute atomic E-state index is 0.0120. The van der Waals surface area contributed by atoms with Crippen LogP contribution in [0.5, 0.6) is 5.75 Å². The Balaban J connectivity index is 1.58. The monoisotopic (exact) mass is 415 g/mol. The Kier molecular flexibility index (Phi) is 6.36. The third kappa shape index (κ3) is 5.84. The highest BCUT2D eigenvalue weighted by Gasteiger charge is 2.31. The van der Waals surface area contributed by atoms with Crippen molar-refractivity contribution in [3.63, 3.8) is 0 Å². The van der Waals surface area contributed by atoms with Crippen molar-refractivity contribution >= 4 is 17.6 Å². The number of anilines is 1. The van der Waals surface area contributed by atoms with Gasteiger partial charge in [-0.3, -0.25) is 4.79 Å². The van der Waals surface area contributed by atoms with Gasteiger partial charge in [-0.15, -0.1) is 13.2 Å². The molecule has 3 aromatic carbocycles. The van der Waals surface area contributed by atoms with Crippen LogP contribution in [0.1, 0.15) is 10.4 Å². The molecule has 8 heteroatoms. The molecule has 1 amide bonds. The Hall–Kier alpha value is -3.81. The second-order valence-corrected chi connectivity index (χ2v) is 6.11. The predicted molar refractivity (Wildman–Crippen MR) is 104 cm³/mol. The van der Waals surface area contributed by atoms with Crippen molar-refractivity contribution in [3.8, 4) is 16.9 Å². The third-order valence-corrected chi connectivity index (χ3v) is 3.94. The van der Waals surface area contributed by atoms with Crippen molar-refractivity contribution in [2.24, 2.45) is 0 Å². The average molecular weight is 415 g/mol. The number of ether oxygens (including phenoxy) is 2. The number of nitrogens with one attached hydrogen (secondary N) is 1. The minimum atomic E-state index is -4.82. The van der Waals surface area contributed by atoms with E-state index in [9.17, 15) is 22.8 Å². The van der Waals surface area contributed by atoms with E-state index < -0.39 is 30.6 Å². The van der Waals surface area contributed by atoms with E-state index in [4.69, 9.17) is 4.74 Å². The zero-order valence-corrected chi connectivity index (χ0v) is 15.5. The standard InChI is InChI=1S/C22H16F3NO4/c23-22(24,25)30-17-12-10-16(11-13-17)21(28)29-14-20(27)26-19-9-5-4-8-18(19)15-6-2-1-3-7-15/h1-13H,14H2,(H,26,27). The van der Waals surface area contributed by atoms with Crippen LogP contribution in [0.4, 0.5) is 18.9 Å². The van der Waals surface area contributed by atoms with Gasteiger partial charge in [-0.25, -0.2) is 4.79 Å². The molecule has 0 heterocycles. The summed E-state index contributed by atoms with van der Waals surface area (Å²) < 4.78 is 45.2. The number of hydrogen-bond donors (Lipinski definition) is 1. The summed E-state index contributed by atoms with van der Waals surface area (Å²) in [6.45, 7) is -0.553. The molecule has 0 spiro atoms. The van der Waals surface area contributed by atoms with Crippen molar-refractivity contribution < 1.29 is 32.2 Å². The quantitative estimate of drug-likeness (QED) is 0.573. The van der Waals surface area contributed by atoms with Crippen molar-refractivity contribution in [1.82, 2.24) is 0 Å². The SMILES string of the molecule is O=C(COC(=O)c1ccc(OC(F)(F)F)cc1)Nc1ccccc1-c1ccccc1. The summed E-state index contributed by atoms with van der Waals surface area (Å²) in [5, 5.41) is 2.69. The van der Waals surface area contributed by atoms with E-state index in [0.717, 1.165) is 35.4 Å². The van der Waals surface area contributed by atoms with Crippen LogP contribution in [0.2, 0.25) is 0 Å². The third-order valence-electron chi connectivity index (χ3n) is 3.94. The summed E-state index contributed by atoms with van der Waals surface area (Å²) in [4.78, 5) is 24.2. The van der Waals surface area contributed by atoms with E-state index >= 15 is 0 Å². The van der Waals surface area contributed by atoms with Crippen LogP contribution in [0.3, 0.4) is 0 Å². The molecular formula is C22H16F3NO4. The molecule has 0 aliphatic rings. The van der Waals surface area contributed by atoms with E-state index in [-0.39, 0.29) is 5.56 Å². The van der Waals surface area contributed by atoms with E-state index in [2.05, 4.69) is 10.1 Å². The zero-order chi connectivity index (χ0) is 21.6. The molecule has 0 bridgehead atoms. The highest BCUT2D eigenvalue weighted by molar-refractivity contribution is 5.98. The van der Waals surface area contributed by atoms with Crippen LogP contribution in [0, 0.1) is 0 Å². The lowest BCUT2D eigenvalue weighted by Gasteiger charge is -2.12. The fourth-order valence-electron chi connectivity index (χ4n) is 2.65. The number of amides is 1. The maximum atomic E-state index is 12.2. The van der Waals surface area contributed by atoms with Crippen LogP contribution >= 0.6 is 0 Å². The smallest absolute Gasteiger partial charge is 0.452 e. The Morgan fingerprint density at radius 2 is 1.47 bits per heavy atom. The minimum Gasteiger partial charge on any atom is -0.452 e. The Labute approximate surface area is 170 Å². The summed E-state index contributed by atoms with van der Waals surface area (Å²) in [5.74, 6) is -1.86. The van der Waals surface area contributed by atoms with Gasteiger partial charge in [-0.1, -0.05) is 48.5 Å². The maximum Gasteiger partial charge on any atom is 0.573 e. The first-order valence-electron chi connectivity index (χ1n) is 8.79. The zero-order valence-electron chi connectivity index (χ0n) is 15.5. The molecule has 3 rings (SSSR count). The number of carbonyl (C=O) groups excluding carboxylic acids is 2. The van der Waals surface area contributed by atoms with Crippen molar-refractivity contribution in [2.75, 3.05) is 11.9 Å². The number of halogens is 3. The second-order valence-electron chi connectivity index (χ2n) is 6.11. The number of esters is 1. The molecule has 0 aliphatic carbocycles. The molecule has 0 aromatic heterocycles. The summed E-state index contributed by atoms with van der Waals surface area (Å²) in [7, 11) is 0. The summed E-state index contributed by atoms with van der Waals surface area (Å²) in [6.07, 6.45) is -4.82. The number of rotatable bonds is 6. The lowest BCUT2D eigenvalue weighted by atomic mass is 10.0. The largest absolute Gasteiger partial charge is 0.573 e. The summed E-state index contributed by atoms with van der Waals surface area (Å²) >= 11 is 0. The molecule has 154 valence electrons. The second kappa shape index (κ2) is 9.13. The molecule has 1 N–H and O–H groups in total. The number of hydrogen-bond acceptors (Lipinski definition) is 4. The predicted octanol–water partition coefficient (Wildman–Crippen LogP) is 5.05. The highest BCUT2D eigenvalue weighted by Crippen LogP contribution is 2.27. The van der Waals surface area contributed by atoms with E-state index in [1.165, 1.54) is 0 Å². The molecular weight excluding hydrogens is 399 g/mol. The van der Waals surface area contributed by atoms with Crippen LogP contribution < -0.4 is 10.1 Å². The van der Waals surface area contributed by atoms with Gasteiger partial charge in [0.2, 0.25) is 0 Å². The summed E-state index contributed by atoms with van der Waals surface area (Å²) in [5.41, 5.74) is 2.25. The Morgan fingerprint density at radius 3 is 2.13 bits per heavy atom. The van der Waals surface area contributed by atoms with Crippen LogP contribution in [-0.2, 0) is 9.53 Å². The lowest BCUT2D eigenvalue weighted by Crippen LogP contribution is -2.21. The van der Waals surface area contributed by atoms with Gasteiger partial charge in [0.1, 0.15) is 5.75 Å². The van der Waals surface area contributed by atoms with E-state index in [1.54, 1.807) is 12.1 Å². The van der Waals surface area contributed by atoms with Crippen LogP contribution in [-0.4, -0.2) is 24.8 Å². The van der Waals surface area contributed by atoms with Gasteiger partial charge >= 0.3 is 12.3 Å². The highest BCUT2D eigenvalue weighted by atomic mass is 19.4. The van der Waals surface area contributed by atoms with Crippen LogP contribution in [0.25, 0.3) is 11.1 Å². The number of para-hydroxylation sites is 1. The maximum absolute atomic E-state index is 12.2. The van der Waals surface area contributed by atoms with Crippen molar-refractivity contribution in [2.45, 2.75) is 6.36 Å². The van der Waals surface area contributed by atoms with Gasteiger partial charge in [0.25, 0.3) is 5.91 Å². The van der Waals surface area contributed by atoms with Gasteiger partial charge in [0.05, 0.1) is 5.56 Å². The first-order valence-corrected chi connectivity index (χ1v) is 8.79. The van der Waals surface area contributed by atoms with Crippen molar-refractivity contribution in [1.29, 1.82) is 0 Å². The Bertz CT molecular complexity index is 1020.